The normalized spacial score (nSPS) is 11.1. The van der Waals surface area contributed by atoms with Crippen LogP contribution in [0.1, 0.15) is 74.3 Å². The lowest BCUT2D eigenvalue weighted by atomic mass is 10.1. The zero-order valence-electron chi connectivity index (χ0n) is 66.9. The summed E-state index contributed by atoms with van der Waals surface area (Å²) in [7, 11) is 0. The maximum absolute atomic E-state index is 4.66. The van der Waals surface area contributed by atoms with Gasteiger partial charge in [0.15, 0.2) is 0 Å². The molecule has 0 aliphatic heterocycles. The lowest BCUT2D eigenvalue weighted by Gasteiger charge is -2.29. The van der Waals surface area contributed by atoms with Gasteiger partial charge in [-0.05, 0) is 370 Å². The van der Waals surface area contributed by atoms with Gasteiger partial charge >= 0.3 is 0 Å². The van der Waals surface area contributed by atoms with Crippen molar-refractivity contribution < 1.29 is 0 Å². The van der Waals surface area contributed by atoms with E-state index in [1.807, 2.05) is 81.9 Å². The summed E-state index contributed by atoms with van der Waals surface area (Å²) in [6.45, 7) is 29.8. The van der Waals surface area contributed by atoms with Gasteiger partial charge < -0.3 is 14.7 Å². The lowest BCUT2D eigenvalue weighted by Crippen LogP contribution is -2.15. The largest absolute Gasteiger partial charge is 0.310 e. The van der Waals surface area contributed by atoms with Crippen LogP contribution in [0.5, 0.6) is 0 Å². The van der Waals surface area contributed by atoms with Crippen molar-refractivity contribution in [2.75, 3.05) is 19.6 Å². The van der Waals surface area contributed by atoms with E-state index in [-0.39, 0.29) is 0 Å². The summed E-state index contributed by atoms with van der Waals surface area (Å²) in [6, 6.07) is 108. The van der Waals surface area contributed by atoms with Crippen molar-refractivity contribution in [2.24, 2.45) is 0 Å². The molecule has 0 saturated carbocycles. The predicted octanol–water partition coefficient (Wildman–Crippen LogP) is 31.8. The number of rotatable bonds is 18. The fourth-order valence-corrected chi connectivity index (χ4v) is 19.2. The minimum Gasteiger partial charge on any atom is -0.310 e. The highest BCUT2D eigenvalue weighted by Gasteiger charge is 2.22. The highest BCUT2D eigenvalue weighted by atomic mass is 32.1. The first kappa shape index (κ1) is 77.9. The topological polar surface area (TPSA) is 51.6 Å². The first-order chi connectivity index (χ1) is 55.2. The van der Waals surface area contributed by atoms with E-state index in [4.69, 9.17) is 0 Å². The summed E-state index contributed by atoms with van der Waals surface area (Å²) in [6.07, 6.45) is 0. The molecule has 0 saturated heterocycles. The standard InChI is InChI=1S/C44H40N2S2.C30H27NS2.C27H24N4S2/c1-29-7-15-41(27-31(29)3)45(37-17-11-35(12-18-37)43-25-9-33(5)47-43)39-21-23-40(24-22-39)46(42-16-8-30(2)32(4)28-42)38-19-13-36(14-20-38)44-26-10-34(6)48-44;1-20-5-12-28(19-21(20)2)31(26-13-8-24(9-14-26)29-17-6-22(3)32-29)27-15-10-25(11-16-27)30-18-7-23(4)33-30;1-17-5-15-25(32-17)21-7-11-23(12-8-21)31(27-29-19(3)28-20(4)30-27)24-13-9-22(10-14-24)26-16-6-18(2)33-26/h7-28H,1-6H3;5-19H,1-4H3;5-16H,1-4H3. The Morgan fingerprint density at radius 2 is 0.342 bits per heavy atom. The van der Waals surface area contributed by atoms with Crippen molar-refractivity contribution in [3.05, 3.63) is 372 Å². The van der Waals surface area contributed by atoms with Gasteiger partial charge in [-0.25, -0.2) is 4.98 Å². The molecule has 7 heterocycles. The Bertz CT molecular complexity index is 5810. The van der Waals surface area contributed by atoms with E-state index in [1.165, 1.54) is 131 Å². The second kappa shape index (κ2) is 34.5. The number of benzene rings is 10. The molecule has 17 aromatic rings. The molecule has 0 aliphatic rings. The molecule has 566 valence electrons. The highest BCUT2D eigenvalue weighted by molar-refractivity contribution is 7.17. The fourth-order valence-electron chi connectivity index (χ4n) is 14.0. The molecule has 0 amide bonds. The van der Waals surface area contributed by atoms with E-state index in [1.54, 1.807) is 0 Å². The Morgan fingerprint density at radius 3 is 0.518 bits per heavy atom. The molecule has 10 aromatic carbocycles. The van der Waals surface area contributed by atoms with Gasteiger partial charge in [-0.1, -0.05) is 91.0 Å². The molecule has 0 bridgehead atoms. The molecule has 0 unspecified atom stereocenters. The molecule has 7 aromatic heterocycles. The molecular formula is C101H91N7S6. The van der Waals surface area contributed by atoms with Crippen molar-refractivity contribution >= 4 is 137 Å². The Labute approximate surface area is 696 Å². The average molecular weight is 1600 g/mol. The van der Waals surface area contributed by atoms with Crippen molar-refractivity contribution in [1.82, 2.24) is 15.0 Å². The summed E-state index contributed by atoms with van der Waals surface area (Å²) in [5, 5.41) is 0. The zero-order valence-corrected chi connectivity index (χ0v) is 71.8. The summed E-state index contributed by atoms with van der Waals surface area (Å²) >= 11 is 11.0. The minimum absolute atomic E-state index is 0.624. The van der Waals surface area contributed by atoms with Gasteiger partial charge in [0.2, 0.25) is 5.95 Å². The van der Waals surface area contributed by atoms with E-state index in [0.717, 1.165) is 56.9 Å². The molecule has 13 heteroatoms. The monoisotopic (exact) mass is 1590 g/mol. The molecule has 0 atom stereocenters. The Kier molecular flexibility index (Phi) is 23.6. The second-order valence-corrected chi connectivity index (χ2v) is 36.9. The molecule has 0 aliphatic carbocycles. The molecule has 17 rings (SSSR count). The first-order valence-electron chi connectivity index (χ1n) is 38.4. The number of thiophene rings is 6. The fraction of sp³-hybridized carbons (Fsp3) is 0.139. The van der Waals surface area contributed by atoms with Gasteiger partial charge in [-0.2, -0.15) is 9.97 Å². The van der Waals surface area contributed by atoms with E-state index in [2.05, 4.69) is 415 Å². The first-order valence-corrected chi connectivity index (χ1v) is 43.3. The SMILES string of the molecule is Cc1ccc(-c2ccc(N(c3ccc(-c4ccc(C)s4)cc3)c3ccc(C)c(C)c3)cc2)s1.Cc1ccc(-c2ccc(N(c3ccc(N(c4ccc(-c5ccc(C)s5)cc4)c4ccc(C)c(C)c4)cc3)c3ccc(C)c(C)c3)cc2)s1.Cc1nc(C)nc(N(c2ccc(-c3ccc(C)s3)cc2)c2ccc(-c3ccc(C)s3)cc2)n1. The van der Waals surface area contributed by atoms with Gasteiger partial charge in [0, 0.05) is 121 Å². The third kappa shape index (κ3) is 18.0. The summed E-state index contributed by atoms with van der Waals surface area (Å²) in [4.78, 5) is 38.6. The van der Waals surface area contributed by atoms with Crippen molar-refractivity contribution in [2.45, 2.75) is 96.9 Å². The van der Waals surface area contributed by atoms with Crippen LogP contribution in [0.3, 0.4) is 0 Å². The number of hydrogen-bond donors (Lipinski definition) is 0. The molecule has 0 N–H and O–H groups in total. The van der Waals surface area contributed by atoms with Crippen LogP contribution in [0, 0.1) is 96.9 Å². The maximum Gasteiger partial charge on any atom is 0.238 e. The summed E-state index contributed by atoms with van der Waals surface area (Å²) < 4.78 is 0. The molecule has 7 nitrogen and oxygen atoms in total. The van der Waals surface area contributed by atoms with Gasteiger partial charge in [0.25, 0.3) is 0 Å². The zero-order chi connectivity index (χ0) is 79.3. The summed E-state index contributed by atoms with van der Waals surface area (Å²) in [5.74, 6) is 2.04. The van der Waals surface area contributed by atoms with Crippen LogP contribution in [0.25, 0.3) is 62.6 Å². The molecular weight excluding hydrogens is 1500 g/mol. The van der Waals surface area contributed by atoms with E-state index >= 15 is 0 Å². The Balaban J connectivity index is 0.000000139. The maximum atomic E-state index is 4.66. The quantitative estimate of drug-likeness (QED) is 0.0848. The van der Waals surface area contributed by atoms with Crippen LogP contribution < -0.4 is 19.6 Å². The average Bonchev–Trinajstić information content (AvgIpc) is 1.21. The van der Waals surface area contributed by atoms with Crippen molar-refractivity contribution in [3.63, 3.8) is 0 Å². The summed E-state index contributed by atoms with van der Waals surface area (Å²) in [5.41, 5.74) is 27.5. The Hall–Kier alpha value is -11.4. The number of nitrogens with zero attached hydrogens (tertiary/aromatic N) is 7. The molecule has 0 radical (unpaired) electrons. The number of aromatic nitrogens is 3. The van der Waals surface area contributed by atoms with Crippen molar-refractivity contribution in [1.29, 1.82) is 0 Å². The molecule has 0 spiro atoms. The number of aryl methyl sites for hydroxylation is 14. The van der Waals surface area contributed by atoms with E-state index in [9.17, 15) is 0 Å². The smallest absolute Gasteiger partial charge is 0.238 e. The van der Waals surface area contributed by atoms with Crippen LogP contribution in [0.15, 0.2) is 297 Å². The third-order valence-electron chi connectivity index (χ3n) is 20.6. The lowest BCUT2D eigenvalue weighted by molar-refractivity contribution is 0.906. The van der Waals surface area contributed by atoms with Gasteiger partial charge in [0.05, 0.1) is 0 Å². The van der Waals surface area contributed by atoms with E-state index < -0.39 is 0 Å². The van der Waals surface area contributed by atoms with Crippen LogP contribution in [0.2, 0.25) is 0 Å². The van der Waals surface area contributed by atoms with Gasteiger partial charge in [0.1, 0.15) is 11.6 Å². The van der Waals surface area contributed by atoms with Crippen LogP contribution >= 0.6 is 68.0 Å². The van der Waals surface area contributed by atoms with Crippen LogP contribution in [-0.4, -0.2) is 15.0 Å². The van der Waals surface area contributed by atoms with Gasteiger partial charge in [-0.3, -0.25) is 4.90 Å². The highest BCUT2D eigenvalue weighted by Crippen LogP contribution is 2.45. The second-order valence-electron chi connectivity index (χ2n) is 29.1. The van der Waals surface area contributed by atoms with E-state index in [0.29, 0.717) is 17.6 Å². The van der Waals surface area contributed by atoms with Crippen LogP contribution in [-0.2, 0) is 0 Å². The Morgan fingerprint density at radius 1 is 0.167 bits per heavy atom. The molecule has 0 fully saturated rings. The molecule has 114 heavy (non-hydrogen) atoms. The predicted molar refractivity (Wildman–Crippen MR) is 498 cm³/mol. The van der Waals surface area contributed by atoms with Crippen molar-refractivity contribution in [3.8, 4) is 62.6 Å². The number of hydrogen-bond acceptors (Lipinski definition) is 13. The van der Waals surface area contributed by atoms with Crippen LogP contribution in [0.4, 0.5) is 68.5 Å². The number of anilines is 12. The minimum atomic E-state index is 0.624. The van der Waals surface area contributed by atoms with Gasteiger partial charge in [-0.15, -0.1) is 68.0 Å². The third-order valence-corrected chi connectivity index (χ3v) is 26.9.